The summed E-state index contributed by atoms with van der Waals surface area (Å²) in [5.74, 6) is 1.29. The minimum atomic E-state index is -0.274. The van der Waals surface area contributed by atoms with Gasteiger partial charge in [0.05, 0.1) is 12.7 Å². The highest BCUT2D eigenvalue weighted by atomic mass is 16.5. The van der Waals surface area contributed by atoms with Crippen molar-refractivity contribution in [2.45, 2.75) is 45.6 Å². The van der Waals surface area contributed by atoms with Crippen LogP contribution >= 0.6 is 0 Å². The largest absolute Gasteiger partial charge is 0.390 e. The summed E-state index contributed by atoms with van der Waals surface area (Å²) in [5.41, 5.74) is 0. The number of aliphatic hydroxyl groups is 1. The number of hydrogen-bond acceptors (Lipinski definition) is 2. The number of ether oxygens (including phenoxy) is 1. The van der Waals surface area contributed by atoms with Gasteiger partial charge in [0.2, 0.25) is 0 Å². The van der Waals surface area contributed by atoms with Gasteiger partial charge in [0.1, 0.15) is 0 Å². The van der Waals surface area contributed by atoms with E-state index >= 15 is 0 Å². The summed E-state index contributed by atoms with van der Waals surface area (Å²) in [5, 5.41) is 9.57. The molecule has 0 amide bonds. The van der Waals surface area contributed by atoms with Gasteiger partial charge in [-0.15, -0.1) is 0 Å². The monoisotopic (exact) mass is 186 g/mol. The van der Waals surface area contributed by atoms with Crippen molar-refractivity contribution in [2.75, 3.05) is 13.2 Å². The zero-order valence-corrected chi connectivity index (χ0v) is 8.83. The predicted octanol–water partition coefficient (Wildman–Crippen LogP) is 2.21. The SMILES string of the molecule is CCC(C)C(O)COCCC1CC1. The van der Waals surface area contributed by atoms with Gasteiger partial charge >= 0.3 is 0 Å². The third-order valence-corrected chi connectivity index (χ3v) is 2.96. The second-order valence-electron chi connectivity index (χ2n) is 4.26. The molecule has 78 valence electrons. The maximum atomic E-state index is 9.57. The van der Waals surface area contributed by atoms with Crippen LogP contribution in [0.2, 0.25) is 0 Å². The molecule has 13 heavy (non-hydrogen) atoms. The van der Waals surface area contributed by atoms with Crippen LogP contribution in [-0.2, 0) is 4.74 Å². The van der Waals surface area contributed by atoms with E-state index in [1.54, 1.807) is 0 Å². The van der Waals surface area contributed by atoms with Crippen molar-refractivity contribution in [3.8, 4) is 0 Å². The van der Waals surface area contributed by atoms with Crippen LogP contribution in [0.3, 0.4) is 0 Å². The maximum Gasteiger partial charge on any atom is 0.0799 e. The van der Waals surface area contributed by atoms with E-state index in [1.165, 1.54) is 19.3 Å². The van der Waals surface area contributed by atoms with Crippen LogP contribution in [0.4, 0.5) is 0 Å². The van der Waals surface area contributed by atoms with Crippen molar-refractivity contribution < 1.29 is 9.84 Å². The summed E-state index contributed by atoms with van der Waals surface area (Å²) in [6, 6.07) is 0. The van der Waals surface area contributed by atoms with Gasteiger partial charge in [-0.3, -0.25) is 0 Å². The Bertz CT molecular complexity index is 132. The lowest BCUT2D eigenvalue weighted by Gasteiger charge is -2.16. The van der Waals surface area contributed by atoms with Crippen molar-refractivity contribution in [2.24, 2.45) is 11.8 Å². The van der Waals surface area contributed by atoms with Crippen LogP contribution in [0.25, 0.3) is 0 Å². The molecular formula is C11H22O2. The fourth-order valence-electron chi connectivity index (χ4n) is 1.30. The number of rotatable bonds is 7. The Balaban J connectivity index is 1.90. The van der Waals surface area contributed by atoms with E-state index in [2.05, 4.69) is 13.8 Å². The average molecular weight is 186 g/mol. The van der Waals surface area contributed by atoms with Crippen LogP contribution in [0.15, 0.2) is 0 Å². The fourth-order valence-corrected chi connectivity index (χ4v) is 1.30. The molecule has 0 spiro atoms. The standard InChI is InChI=1S/C11H22O2/c1-3-9(2)11(12)8-13-7-6-10-4-5-10/h9-12H,3-8H2,1-2H3. The Kier molecular flexibility index (Phi) is 4.74. The molecule has 0 aromatic rings. The Morgan fingerprint density at radius 1 is 1.46 bits per heavy atom. The molecule has 0 radical (unpaired) electrons. The van der Waals surface area contributed by atoms with E-state index in [1.807, 2.05) is 0 Å². The molecule has 0 saturated heterocycles. The van der Waals surface area contributed by atoms with Gasteiger partial charge in [0, 0.05) is 6.61 Å². The third-order valence-electron chi connectivity index (χ3n) is 2.96. The van der Waals surface area contributed by atoms with Gasteiger partial charge < -0.3 is 9.84 Å². The average Bonchev–Trinajstić information content (AvgIpc) is 2.94. The highest BCUT2D eigenvalue weighted by molar-refractivity contribution is 4.72. The summed E-state index contributed by atoms with van der Waals surface area (Å²) < 4.78 is 5.42. The van der Waals surface area contributed by atoms with E-state index in [4.69, 9.17) is 4.74 Å². The van der Waals surface area contributed by atoms with Crippen molar-refractivity contribution in [1.29, 1.82) is 0 Å². The first-order chi connectivity index (χ1) is 6.24. The lowest BCUT2D eigenvalue weighted by molar-refractivity contribution is 0.00643. The van der Waals surface area contributed by atoms with Crippen LogP contribution < -0.4 is 0 Å². The molecule has 1 saturated carbocycles. The predicted molar refractivity (Wildman–Crippen MR) is 53.6 cm³/mol. The van der Waals surface area contributed by atoms with Gasteiger partial charge in [-0.05, 0) is 18.3 Å². The molecule has 2 heteroatoms. The molecular weight excluding hydrogens is 164 g/mol. The first kappa shape index (κ1) is 11.0. The fraction of sp³-hybridized carbons (Fsp3) is 1.00. The van der Waals surface area contributed by atoms with Crippen molar-refractivity contribution in [3.05, 3.63) is 0 Å². The third kappa shape index (κ3) is 4.63. The zero-order chi connectivity index (χ0) is 9.68. The van der Waals surface area contributed by atoms with E-state index in [-0.39, 0.29) is 6.10 Å². The lowest BCUT2D eigenvalue weighted by atomic mass is 10.0. The van der Waals surface area contributed by atoms with Gasteiger partial charge in [-0.2, -0.15) is 0 Å². The van der Waals surface area contributed by atoms with Crippen LogP contribution in [0.5, 0.6) is 0 Å². The molecule has 1 fully saturated rings. The molecule has 1 aliphatic rings. The zero-order valence-electron chi connectivity index (χ0n) is 8.83. The van der Waals surface area contributed by atoms with Gasteiger partial charge in [0.25, 0.3) is 0 Å². The highest BCUT2D eigenvalue weighted by Crippen LogP contribution is 2.32. The molecule has 2 atom stereocenters. The van der Waals surface area contributed by atoms with Crippen LogP contribution in [-0.4, -0.2) is 24.4 Å². The molecule has 1 N–H and O–H groups in total. The van der Waals surface area contributed by atoms with E-state index in [9.17, 15) is 5.11 Å². The first-order valence-corrected chi connectivity index (χ1v) is 5.49. The van der Waals surface area contributed by atoms with Crippen molar-refractivity contribution >= 4 is 0 Å². The summed E-state index contributed by atoms with van der Waals surface area (Å²) in [4.78, 5) is 0. The minimum Gasteiger partial charge on any atom is -0.390 e. The molecule has 0 bridgehead atoms. The Morgan fingerprint density at radius 2 is 2.15 bits per heavy atom. The molecule has 0 aliphatic heterocycles. The highest BCUT2D eigenvalue weighted by Gasteiger charge is 2.20. The van der Waals surface area contributed by atoms with Gasteiger partial charge in [-0.25, -0.2) is 0 Å². The molecule has 2 nitrogen and oxygen atoms in total. The molecule has 0 heterocycles. The molecule has 2 unspecified atom stereocenters. The maximum absolute atomic E-state index is 9.57. The van der Waals surface area contributed by atoms with E-state index in [0.29, 0.717) is 12.5 Å². The Labute approximate surface area is 81.3 Å². The quantitative estimate of drug-likeness (QED) is 0.618. The molecule has 0 aromatic heterocycles. The first-order valence-electron chi connectivity index (χ1n) is 5.49. The lowest BCUT2D eigenvalue weighted by Crippen LogP contribution is -2.23. The van der Waals surface area contributed by atoms with E-state index in [0.717, 1.165) is 18.9 Å². The second kappa shape index (κ2) is 5.61. The summed E-state index contributed by atoms with van der Waals surface area (Å²) in [6.45, 7) is 5.51. The van der Waals surface area contributed by atoms with E-state index < -0.39 is 0 Å². The van der Waals surface area contributed by atoms with Crippen molar-refractivity contribution in [3.63, 3.8) is 0 Å². The molecule has 0 aromatic carbocycles. The van der Waals surface area contributed by atoms with Gasteiger partial charge in [0.15, 0.2) is 0 Å². The Morgan fingerprint density at radius 3 is 2.69 bits per heavy atom. The summed E-state index contributed by atoms with van der Waals surface area (Å²) in [7, 11) is 0. The number of hydrogen-bond donors (Lipinski definition) is 1. The topological polar surface area (TPSA) is 29.5 Å². The summed E-state index contributed by atoms with van der Waals surface area (Å²) >= 11 is 0. The smallest absolute Gasteiger partial charge is 0.0799 e. The summed E-state index contributed by atoms with van der Waals surface area (Å²) in [6.07, 6.45) is 4.71. The Hall–Kier alpha value is -0.0800. The number of aliphatic hydroxyl groups excluding tert-OH is 1. The van der Waals surface area contributed by atoms with Crippen LogP contribution in [0.1, 0.15) is 39.5 Å². The van der Waals surface area contributed by atoms with Gasteiger partial charge in [-0.1, -0.05) is 33.1 Å². The molecule has 1 rings (SSSR count). The second-order valence-corrected chi connectivity index (χ2v) is 4.26. The van der Waals surface area contributed by atoms with Crippen molar-refractivity contribution in [1.82, 2.24) is 0 Å². The normalized spacial score (nSPS) is 21.5. The molecule has 1 aliphatic carbocycles. The van der Waals surface area contributed by atoms with Crippen LogP contribution in [0, 0.1) is 11.8 Å². The minimum absolute atomic E-state index is 0.274.